The van der Waals surface area contributed by atoms with Crippen LogP contribution in [0.25, 0.3) is 16.7 Å². The van der Waals surface area contributed by atoms with Gasteiger partial charge >= 0.3 is 0 Å². The molecule has 4 rings (SSSR count). The van der Waals surface area contributed by atoms with Gasteiger partial charge < -0.3 is 4.90 Å². The fraction of sp³-hybridized carbons (Fsp3) is 0.190. The van der Waals surface area contributed by atoms with Crippen LogP contribution < -0.4 is 5.56 Å². The first kappa shape index (κ1) is 19.8. The normalized spacial score (nSPS) is 11.1. The Balaban J connectivity index is 1.63. The third-order valence-electron chi connectivity index (χ3n) is 4.68. The summed E-state index contributed by atoms with van der Waals surface area (Å²) < 4.78 is 3.35. The van der Waals surface area contributed by atoms with E-state index in [0.717, 1.165) is 5.56 Å². The number of allylic oxidation sites excluding steroid dienone is 1. The fourth-order valence-corrected chi connectivity index (χ4v) is 4.09. The van der Waals surface area contributed by atoms with E-state index in [0.29, 0.717) is 34.9 Å². The van der Waals surface area contributed by atoms with Gasteiger partial charge in [0, 0.05) is 32.5 Å². The molecule has 3 heterocycles. The molecule has 0 saturated carbocycles. The van der Waals surface area contributed by atoms with Crippen LogP contribution in [-0.4, -0.2) is 47.8 Å². The van der Waals surface area contributed by atoms with Crippen LogP contribution in [0.4, 0.5) is 0 Å². The Kier molecular flexibility index (Phi) is 5.62. The van der Waals surface area contributed by atoms with Gasteiger partial charge in [-0.3, -0.25) is 23.5 Å². The molecule has 1 amide bonds. The van der Waals surface area contributed by atoms with E-state index in [1.54, 1.807) is 36.5 Å². The highest BCUT2D eigenvalue weighted by atomic mass is 32.2. The summed E-state index contributed by atoms with van der Waals surface area (Å²) in [5, 5.41) is 9.58. The molecule has 0 fully saturated rings. The zero-order valence-corrected chi connectivity index (χ0v) is 17.2. The van der Waals surface area contributed by atoms with E-state index in [1.807, 2.05) is 34.7 Å². The minimum absolute atomic E-state index is 0.0377. The predicted molar refractivity (Wildman–Crippen MR) is 116 cm³/mol. The van der Waals surface area contributed by atoms with Crippen LogP contribution >= 0.6 is 11.8 Å². The van der Waals surface area contributed by atoms with Crippen molar-refractivity contribution in [3.63, 3.8) is 0 Å². The number of nitrogens with zero attached hydrogens (tertiary/aromatic N) is 6. The lowest BCUT2D eigenvalue weighted by molar-refractivity contribution is -0.127. The first-order valence-corrected chi connectivity index (χ1v) is 10.3. The first-order valence-electron chi connectivity index (χ1n) is 9.33. The van der Waals surface area contributed by atoms with Crippen molar-refractivity contribution in [3.05, 3.63) is 77.4 Å². The number of hydrogen-bond acceptors (Lipinski definition) is 6. The molecule has 4 aromatic rings. The molecule has 0 N–H and O–H groups in total. The summed E-state index contributed by atoms with van der Waals surface area (Å²) in [7, 11) is 1.76. The minimum atomic E-state index is -0.144. The molecule has 152 valence electrons. The smallest absolute Gasteiger partial charge is 0.263 e. The zero-order chi connectivity index (χ0) is 21.1. The van der Waals surface area contributed by atoms with Crippen molar-refractivity contribution in [3.8, 4) is 0 Å². The van der Waals surface area contributed by atoms with Crippen molar-refractivity contribution in [2.45, 2.75) is 18.2 Å². The molecule has 0 atom stereocenters. The van der Waals surface area contributed by atoms with E-state index in [2.05, 4.69) is 21.8 Å². The van der Waals surface area contributed by atoms with E-state index in [9.17, 15) is 9.59 Å². The lowest BCUT2D eigenvalue weighted by atomic mass is 10.2. The van der Waals surface area contributed by atoms with Crippen LogP contribution in [0.5, 0.6) is 0 Å². The van der Waals surface area contributed by atoms with Gasteiger partial charge in [-0.1, -0.05) is 36.0 Å². The van der Waals surface area contributed by atoms with Crippen molar-refractivity contribution < 1.29 is 4.79 Å². The van der Waals surface area contributed by atoms with Crippen molar-refractivity contribution in [1.82, 2.24) is 29.0 Å². The van der Waals surface area contributed by atoms with Crippen molar-refractivity contribution in [1.29, 1.82) is 0 Å². The molecule has 9 heteroatoms. The zero-order valence-electron chi connectivity index (χ0n) is 16.4. The van der Waals surface area contributed by atoms with Crippen molar-refractivity contribution in [2.75, 3.05) is 12.8 Å². The molecule has 3 aromatic heterocycles. The molecule has 0 aliphatic heterocycles. The Morgan fingerprint density at radius 3 is 2.83 bits per heavy atom. The fourth-order valence-electron chi connectivity index (χ4n) is 3.21. The summed E-state index contributed by atoms with van der Waals surface area (Å²) in [6.45, 7) is 4.53. The van der Waals surface area contributed by atoms with Crippen LogP contribution in [0.3, 0.4) is 0 Å². The van der Waals surface area contributed by atoms with Gasteiger partial charge in [-0.25, -0.2) is 0 Å². The second-order valence-electron chi connectivity index (χ2n) is 6.74. The van der Waals surface area contributed by atoms with Gasteiger partial charge in [0.1, 0.15) is 0 Å². The number of pyridine rings is 1. The van der Waals surface area contributed by atoms with Gasteiger partial charge in [-0.2, -0.15) is 0 Å². The molecule has 30 heavy (non-hydrogen) atoms. The highest BCUT2D eigenvalue weighted by Gasteiger charge is 2.18. The molecule has 0 saturated heterocycles. The number of carbonyl (C=O) groups excluding carboxylic acids is 1. The second-order valence-corrected chi connectivity index (χ2v) is 7.68. The summed E-state index contributed by atoms with van der Waals surface area (Å²) in [4.78, 5) is 31.2. The SMILES string of the molecule is C=CCn1c(=O)c2ccccc2n2c(SCC(=O)N(C)Cc3cccnc3)nnc12. The molecular weight excluding hydrogens is 400 g/mol. The summed E-state index contributed by atoms with van der Waals surface area (Å²) >= 11 is 1.29. The van der Waals surface area contributed by atoms with E-state index in [4.69, 9.17) is 0 Å². The largest absolute Gasteiger partial charge is 0.341 e. The molecule has 1 aromatic carbocycles. The Labute approximate surface area is 176 Å². The summed E-state index contributed by atoms with van der Waals surface area (Å²) in [5.41, 5.74) is 1.53. The lowest BCUT2D eigenvalue weighted by Gasteiger charge is -2.16. The molecule has 0 aliphatic rings. The Hall–Kier alpha value is -3.46. The van der Waals surface area contributed by atoms with Crippen molar-refractivity contribution >= 4 is 34.3 Å². The Morgan fingerprint density at radius 2 is 2.07 bits per heavy atom. The summed E-state index contributed by atoms with van der Waals surface area (Å²) in [5.74, 6) is 0.591. The Bertz CT molecular complexity index is 1280. The quantitative estimate of drug-likeness (QED) is 0.337. The van der Waals surface area contributed by atoms with Crippen LogP contribution in [0.2, 0.25) is 0 Å². The van der Waals surface area contributed by atoms with E-state index >= 15 is 0 Å². The number of thioether (sulfide) groups is 1. The molecular formula is C21H20N6O2S. The number of carbonyl (C=O) groups is 1. The maximum Gasteiger partial charge on any atom is 0.263 e. The third kappa shape index (κ3) is 3.71. The van der Waals surface area contributed by atoms with Gasteiger partial charge in [0.2, 0.25) is 11.7 Å². The molecule has 0 spiro atoms. The molecule has 8 nitrogen and oxygen atoms in total. The average Bonchev–Trinajstić information content (AvgIpc) is 3.19. The van der Waals surface area contributed by atoms with Crippen LogP contribution in [0.1, 0.15) is 5.56 Å². The van der Waals surface area contributed by atoms with Gasteiger partial charge in [0.05, 0.1) is 16.7 Å². The number of rotatable bonds is 7. The number of amides is 1. The van der Waals surface area contributed by atoms with Gasteiger partial charge in [-0.15, -0.1) is 16.8 Å². The molecule has 0 bridgehead atoms. The monoisotopic (exact) mass is 420 g/mol. The lowest BCUT2D eigenvalue weighted by Crippen LogP contribution is -2.28. The number of para-hydroxylation sites is 1. The van der Waals surface area contributed by atoms with Crippen LogP contribution in [0.15, 0.2) is 71.4 Å². The first-order chi connectivity index (χ1) is 14.6. The van der Waals surface area contributed by atoms with Gasteiger partial charge in [0.15, 0.2) is 5.16 Å². The standard InChI is InChI=1S/C21H20N6O2S/c1-3-11-26-19(29)16-8-4-5-9-17(16)27-20(26)23-24-21(27)30-14-18(28)25(2)13-15-7-6-10-22-12-15/h3-10,12H,1,11,13-14H2,2H3. The molecule has 0 aliphatic carbocycles. The Morgan fingerprint density at radius 1 is 1.23 bits per heavy atom. The predicted octanol–water partition coefficient (Wildman–Crippen LogP) is 2.38. The van der Waals surface area contributed by atoms with E-state index in [1.165, 1.54) is 16.3 Å². The highest BCUT2D eigenvalue weighted by molar-refractivity contribution is 7.99. The maximum atomic E-state index is 12.8. The van der Waals surface area contributed by atoms with Gasteiger partial charge in [0.25, 0.3) is 5.56 Å². The second kappa shape index (κ2) is 8.50. The van der Waals surface area contributed by atoms with E-state index in [-0.39, 0.29) is 17.2 Å². The molecule has 0 radical (unpaired) electrons. The van der Waals surface area contributed by atoms with Crippen molar-refractivity contribution in [2.24, 2.45) is 0 Å². The average molecular weight is 420 g/mol. The number of fused-ring (bicyclic) bond motifs is 3. The van der Waals surface area contributed by atoms with Crippen LogP contribution in [0, 0.1) is 0 Å². The third-order valence-corrected chi connectivity index (χ3v) is 5.60. The topological polar surface area (TPSA) is 85.4 Å². The molecule has 0 unspecified atom stereocenters. The van der Waals surface area contributed by atoms with E-state index < -0.39 is 0 Å². The van der Waals surface area contributed by atoms with Crippen LogP contribution in [-0.2, 0) is 17.9 Å². The van der Waals surface area contributed by atoms with Gasteiger partial charge in [-0.05, 0) is 23.8 Å². The minimum Gasteiger partial charge on any atom is -0.341 e. The maximum absolute atomic E-state index is 12.8. The summed E-state index contributed by atoms with van der Waals surface area (Å²) in [6.07, 6.45) is 5.09. The number of benzene rings is 1. The highest BCUT2D eigenvalue weighted by Crippen LogP contribution is 2.22. The number of aromatic nitrogens is 5. The number of hydrogen-bond donors (Lipinski definition) is 0. The summed E-state index contributed by atoms with van der Waals surface area (Å²) in [6, 6.07) is 11.1.